The zero-order chi connectivity index (χ0) is 15.6. The van der Waals surface area contributed by atoms with Gasteiger partial charge in [-0.15, -0.1) is 0 Å². The van der Waals surface area contributed by atoms with Crippen molar-refractivity contribution in [2.75, 3.05) is 0 Å². The molecule has 21 heavy (non-hydrogen) atoms. The highest BCUT2D eigenvalue weighted by Crippen LogP contribution is 2.33. The second kappa shape index (κ2) is 6.15. The Morgan fingerprint density at radius 3 is 2.43 bits per heavy atom. The number of rotatable bonds is 3. The molecule has 2 aromatic carbocycles. The summed E-state index contributed by atoms with van der Waals surface area (Å²) in [5, 5.41) is 10.0. The van der Waals surface area contributed by atoms with Gasteiger partial charge < -0.3 is 5.11 Å². The number of hydrogen-bond acceptors (Lipinski definition) is 1. The lowest BCUT2D eigenvalue weighted by atomic mass is 9.99. The van der Waals surface area contributed by atoms with Crippen molar-refractivity contribution in [1.29, 1.82) is 0 Å². The molecule has 0 heterocycles. The normalized spacial score (nSPS) is 13.2. The number of benzene rings is 2. The van der Waals surface area contributed by atoms with E-state index in [2.05, 4.69) is 15.9 Å². The minimum absolute atomic E-state index is 0.0312. The summed E-state index contributed by atoms with van der Waals surface area (Å²) in [7, 11) is 0. The van der Waals surface area contributed by atoms with Gasteiger partial charge in [-0.3, -0.25) is 0 Å². The van der Waals surface area contributed by atoms with Crippen LogP contribution in [0.2, 0.25) is 0 Å². The van der Waals surface area contributed by atoms with E-state index in [1.165, 1.54) is 0 Å². The van der Waals surface area contributed by atoms with Gasteiger partial charge in [0.15, 0.2) is 0 Å². The minimum atomic E-state index is -4.78. The fraction of sp³-hybridized carbons (Fsp3) is 0.200. The highest BCUT2D eigenvalue weighted by Gasteiger charge is 2.34. The maximum atomic E-state index is 13.2. The maximum absolute atomic E-state index is 13.2. The van der Waals surface area contributed by atoms with Crippen molar-refractivity contribution in [1.82, 2.24) is 0 Å². The molecular weight excluding hydrogens is 352 g/mol. The fourth-order valence-electron chi connectivity index (χ4n) is 1.97. The summed E-state index contributed by atoms with van der Waals surface area (Å²) in [6.45, 7) is 0. The van der Waals surface area contributed by atoms with Crippen LogP contribution in [0.25, 0.3) is 0 Å². The monoisotopic (exact) mass is 362 g/mol. The van der Waals surface area contributed by atoms with Gasteiger partial charge in [-0.25, -0.2) is 4.39 Å². The molecule has 1 N–H and O–H groups in total. The van der Waals surface area contributed by atoms with Crippen molar-refractivity contribution in [3.63, 3.8) is 0 Å². The third-order valence-electron chi connectivity index (χ3n) is 3.00. The van der Waals surface area contributed by atoms with Crippen LogP contribution < -0.4 is 0 Å². The lowest BCUT2D eigenvalue weighted by molar-refractivity contribution is -0.140. The average molecular weight is 363 g/mol. The Morgan fingerprint density at radius 2 is 1.81 bits per heavy atom. The first kappa shape index (κ1) is 16.0. The van der Waals surface area contributed by atoms with Crippen LogP contribution in [-0.4, -0.2) is 5.11 Å². The lowest BCUT2D eigenvalue weighted by Gasteiger charge is -2.14. The molecule has 0 aliphatic rings. The summed E-state index contributed by atoms with van der Waals surface area (Å²) in [6, 6.07) is 9.61. The number of hydrogen-bond donors (Lipinski definition) is 1. The van der Waals surface area contributed by atoms with Crippen molar-refractivity contribution in [2.24, 2.45) is 0 Å². The Kier molecular flexibility index (Phi) is 4.68. The van der Waals surface area contributed by atoms with Crippen LogP contribution in [0.5, 0.6) is 0 Å². The Hall–Kier alpha value is -1.40. The topological polar surface area (TPSA) is 20.2 Å². The Bertz CT molecular complexity index is 640. The lowest BCUT2D eigenvalue weighted by Crippen LogP contribution is -2.10. The second-order valence-corrected chi connectivity index (χ2v) is 5.50. The molecule has 0 fully saturated rings. The SMILES string of the molecule is OC(Cc1cccc(Br)c1)c1ccc(F)c(C(F)(F)F)c1. The van der Waals surface area contributed by atoms with Gasteiger partial charge in [-0.1, -0.05) is 34.1 Å². The molecule has 0 bridgehead atoms. The molecule has 2 aromatic rings. The molecule has 1 unspecified atom stereocenters. The molecule has 0 radical (unpaired) electrons. The van der Waals surface area contributed by atoms with Crippen LogP contribution in [0.1, 0.15) is 22.8 Å². The number of halogens is 5. The molecule has 112 valence electrons. The van der Waals surface area contributed by atoms with Gasteiger partial charge >= 0.3 is 6.18 Å². The Balaban J connectivity index is 2.25. The Morgan fingerprint density at radius 1 is 1.10 bits per heavy atom. The van der Waals surface area contributed by atoms with Crippen molar-refractivity contribution >= 4 is 15.9 Å². The first-order chi connectivity index (χ1) is 9.77. The zero-order valence-corrected chi connectivity index (χ0v) is 12.2. The third kappa shape index (κ3) is 4.04. The van der Waals surface area contributed by atoms with Crippen LogP contribution in [0.4, 0.5) is 17.6 Å². The summed E-state index contributed by atoms with van der Waals surface area (Å²) in [6.07, 6.45) is -5.78. The van der Waals surface area contributed by atoms with E-state index in [9.17, 15) is 22.7 Å². The van der Waals surface area contributed by atoms with Gasteiger partial charge in [0.2, 0.25) is 0 Å². The van der Waals surface area contributed by atoms with Gasteiger partial charge in [-0.2, -0.15) is 13.2 Å². The fourth-order valence-corrected chi connectivity index (χ4v) is 2.42. The van der Waals surface area contributed by atoms with Crippen molar-refractivity contribution < 1.29 is 22.7 Å². The first-order valence-electron chi connectivity index (χ1n) is 6.06. The van der Waals surface area contributed by atoms with Crippen molar-refractivity contribution in [3.05, 3.63) is 69.4 Å². The summed E-state index contributed by atoms with van der Waals surface area (Å²) in [5.41, 5.74) is -0.577. The molecule has 1 atom stereocenters. The predicted octanol–water partition coefficient (Wildman–Crippen LogP) is 4.88. The highest BCUT2D eigenvalue weighted by atomic mass is 79.9. The van der Waals surface area contributed by atoms with E-state index < -0.39 is 23.7 Å². The van der Waals surface area contributed by atoms with Gasteiger partial charge in [0, 0.05) is 10.9 Å². The van der Waals surface area contributed by atoms with Crippen LogP contribution in [0.3, 0.4) is 0 Å². The van der Waals surface area contributed by atoms with E-state index in [4.69, 9.17) is 0 Å². The van der Waals surface area contributed by atoms with E-state index in [0.29, 0.717) is 6.07 Å². The Labute approximate surface area is 127 Å². The molecule has 0 spiro atoms. The van der Waals surface area contributed by atoms with Crippen LogP contribution in [-0.2, 0) is 12.6 Å². The third-order valence-corrected chi connectivity index (χ3v) is 3.49. The number of aliphatic hydroxyl groups is 1. The van der Waals surface area contributed by atoms with E-state index in [-0.39, 0.29) is 12.0 Å². The molecule has 0 aliphatic carbocycles. The molecule has 0 aromatic heterocycles. The van der Waals surface area contributed by atoms with E-state index in [1.54, 1.807) is 24.3 Å². The minimum Gasteiger partial charge on any atom is -0.388 e. The molecular formula is C15H11BrF4O. The van der Waals surface area contributed by atoms with Gasteiger partial charge in [-0.05, 0) is 35.4 Å². The molecule has 6 heteroatoms. The van der Waals surface area contributed by atoms with Gasteiger partial charge in [0.1, 0.15) is 5.82 Å². The van der Waals surface area contributed by atoms with Crippen LogP contribution in [0.15, 0.2) is 46.9 Å². The van der Waals surface area contributed by atoms with E-state index >= 15 is 0 Å². The quantitative estimate of drug-likeness (QED) is 0.771. The maximum Gasteiger partial charge on any atom is 0.419 e. The van der Waals surface area contributed by atoms with Crippen LogP contribution in [0, 0.1) is 5.82 Å². The summed E-state index contributed by atoms with van der Waals surface area (Å²) < 4.78 is 51.9. The van der Waals surface area contributed by atoms with Crippen molar-refractivity contribution in [3.8, 4) is 0 Å². The smallest absolute Gasteiger partial charge is 0.388 e. The largest absolute Gasteiger partial charge is 0.419 e. The summed E-state index contributed by atoms with van der Waals surface area (Å²) in [5.74, 6) is -1.35. The summed E-state index contributed by atoms with van der Waals surface area (Å²) >= 11 is 3.28. The molecule has 0 saturated carbocycles. The van der Waals surface area contributed by atoms with Gasteiger partial charge in [0.25, 0.3) is 0 Å². The highest BCUT2D eigenvalue weighted by molar-refractivity contribution is 9.10. The average Bonchev–Trinajstić information content (AvgIpc) is 2.37. The predicted molar refractivity (Wildman–Crippen MR) is 74.2 cm³/mol. The van der Waals surface area contributed by atoms with Gasteiger partial charge in [0.05, 0.1) is 11.7 Å². The van der Waals surface area contributed by atoms with Crippen molar-refractivity contribution in [2.45, 2.75) is 18.7 Å². The molecule has 0 amide bonds. The molecule has 0 saturated heterocycles. The molecule has 1 nitrogen and oxygen atoms in total. The number of alkyl halides is 3. The molecule has 2 rings (SSSR count). The zero-order valence-electron chi connectivity index (χ0n) is 10.7. The van der Waals surface area contributed by atoms with E-state index in [1.807, 2.05) is 0 Å². The van der Waals surface area contributed by atoms with Crippen LogP contribution >= 0.6 is 15.9 Å². The molecule has 0 aliphatic heterocycles. The standard InChI is InChI=1S/C15H11BrF4O/c16-11-3-1-2-9(6-11)7-14(21)10-4-5-13(17)12(8-10)15(18,19)20/h1-6,8,14,21H,7H2. The first-order valence-corrected chi connectivity index (χ1v) is 6.86. The second-order valence-electron chi connectivity index (χ2n) is 4.59. The van der Waals surface area contributed by atoms with E-state index in [0.717, 1.165) is 22.2 Å². The summed E-state index contributed by atoms with van der Waals surface area (Å²) in [4.78, 5) is 0. The number of aliphatic hydroxyl groups excluding tert-OH is 1.